The first kappa shape index (κ1) is 21.0. The molecule has 0 bridgehead atoms. The molecular weight excluding hydrogens is 390 g/mol. The third-order valence-electron chi connectivity index (χ3n) is 5.12. The van der Waals surface area contributed by atoms with Gasteiger partial charge in [-0.1, -0.05) is 48.6 Å². The number of anilines is 1. The predicted molar refractivity (Wildman–Crippen MR) is 113 cm³/mol. The second kappa shape index (κ2) is 8.78. The van der Waals surface area contributed by atoms with Gasteiger partial charge in [-0.3, -0.25) is 9.59 Å². The molecule has 29 heavy (non-hydrogen) atoms. The van der Waals surface area contributed by atoms with Crippen LogP contribution in [0.1, 0.15) is 40.0 Å². The maximum atomic E-state index is 13.3. The molecule has 1 N–H and O–H groups in total. The molecule has 1 heterocycles. The van der Waals surface area contributed by atoms with Gasteiger partial charge in [-0.15, -0.1) is 0 Å². The maximum absolute atomic E-state index is 13.3. The smallest absolute Gasteiger partial charge is 0.449 e. The summed E-state index contributed by atoms with van der Waals surface area (Å²) in [5.41, 5.74) is 1.29. The number of ketones is 1. The van der Waals surface area contributed by atoms with Gasteiger partial charge in [0, 0.05) is 17.3 Å². The van der Waals surface area contributed by atoms with Crippen LogP contribution < -0.4 is 9.64 Å². The van der Waals surface area contributed by atoms with Gasteiger partial charge in [0.05, 0.1) is 11.6 Å². The summed E-state index contributed by atoms with van der Waals surface area (Å²) in [4.78, 5) is 39.4. The lowest BCUT2D eigenvalue weighted by atomic mass is 9.81. The van der Waals surface area contributed by atoms with E-state index in [1.165, 1.54) is 16.2 Å². The van der Waals surface area contributed by atoms with Gasteiger partial charge in [-0.25, -0.2) is 4.79 Å². The highest BCUT2D eigenvalue weighted by Gasteiger charge is 2.37. The third kappa shape index (κ3) is 4.67. The van der Waals surface area contributed by atoms with E-state index in [2.05, 4.69) is 0 Å². The van der Waals surface area contributed by atoms with Crippen molar-refractivity contribution in [3.05, 3.63) is 36.4 Å². The number of hydrogen-bond acceptors (Lipinski definition) is 5. The molecule has 1 amide bonds. The van der Waals surface area contributed by atoms with Crippen LogP contribution in [0.15, 0.2) is 36.4 Å². The minimum Gasteiger partial charge on any atom is -0.449 e. The first-order valence-corrected chi connectivity index (χ1v) is 10.6. The van der Waals surface area contributed by atoms with Gasteiger partial charge in [-0.05, 0) is 44.2 Å². The van der Waals surface area contributed by atoms with Gasteiger partial charge < -0.3 is 14.7 Å². The molecule has 1 saturated carbocycles. The van der Waals surface area contributed by atoms with Crippen LogP contribution in [0.4, 0.5) is 10.5 Å². The van der Waals surface area contributed by atoms with E-state index in [4.69, 9.17) is 4.74 Å². The Bertz CT molecular complexity index is 905. The topological polar surface area (TPSA) is 83.9 Å². The molecule has 0 radical (unpaired) electrons. The van der Waals surface area contributed by atoms with Crippen molar-refractivity contribution in [1.82, 2.24) is 0 Å². The number of carbonyl (C=O) groups is 3. The Balaban J connectivity index is 2.01. The van der Waals surface area contributed by atoms with Crippen LogP contribution in [-0.2, 0) is 9.59 Å². The molecule has 0 aliphatic heterocycles. The number of nitrogens with zero attached hydrogens (tertiary/aromatic N) is 1. The first-order chi connectivity index (χ1) is 13.8. The Labute approximate surface area is 174 Å². The molecule has 2 aromatic rings. The van der Waals surface area contributed by atoms with E-state index in [0.29, 0.717) is 18.5 Å². The van der Waals surface area contributed by atoms with Crippen molar-refractivity contribution in [1.29, 1.82) is 0 Å². The van der Waals surface area contributed by atoms with Gasteiger partial charge in [0.1, 0.15) is 5.78 Å². The average Bonchev–Trinajstić information content (AvgIpc) is 3.05. The average molecular weight is 416 g/mol. The van der Waals surface area contributed by atoms with E-state index in [9.17, 15) is 19.5 Å². The molecule has 1 aliphatic rings. The zero-order valence-corrected chi connectivity index (χ0v) is 17.6. The molecule has 6 nitrogen and oxygen atoms in total. The van der Waals surface area contributed by atoms with Crippen molar-refractivity contribution in [2.24, 2.45) is 11.8 Å². The Morgan fingerprint density at radius 2 is 1.90 bits per heavy atom. The Morgan fingerprint density at radius 3 is 2.48 bits per heavy atom. The van der Waals surface area contributed by atoms with Crippen molar-refractivity contribution in [3.63, 3.8) is 0 Å². The fourth-order valence-corrected chi connectivity index (χ4v) is 4.71. The SMILES string of the molecule is CC1CCC(C(=O)N(c2cc(-c3ccccc3)sc2OC(=O)O)C(C)C)C(=O)C1. The zero-order chi connectivity index (χ0) is 21.1. The lowest BCUT2D eigenvalue weighted by molar-refractivity contribution is -0.135. The van der Waals surface area contributed by atoms with Crippen LogP contribution in [-0.4, -0.2) is 29.0 Å². The van der Waals surface area contributed by atoms with Crippen LogP contribution in [0.3, 0.4) is 0 Å². The largest absolute Gasteiger partial charge is 0.512 e. The number of rotatable bonds is 5. The number of hydrogen-bond donors (Lipinski definition) is 1. The number of thiophene rings is 1. The van der Waals surface area contributed by atoms with Crippen LogP contribution >= 0.6 is 11.3 Å². The Morgan fingerprint density at radius 1 is 1.21 bits per heavy atom. The standard InChI is InChI=1S/C22H25NO5S/c1-13(2)23(20(25)16-10-9-14(3)11-18(16)24)17-12-19(15-7-5-4-6-8-15)29-21(17)28-22(26)27/h4-8,12-14,16H,9-11H2,1-3H3,(H,26,27). The minimum atomic E-state index is -1.44. The molecule has 7 heteroatoms. The number of ether oxygens (including phenoxy) is 1. The molecule has 1 aromatic heterocycles. The van der Waals surface area contributed by atoms with E-state index < -0.39 is 12.1 Å². The molecule has 1 fully saturated rings. The van der Waals surface area contributed by atoms with Crippen LogP contribution in [0.5, 0.6) is 5.06 Å². The molecule has 0 spiro atoms. The third-order valence-corrected chi connectivity index (χ3v) is 6.17. The van der Waals surface area contributed by atoms with E-state index in [0.717, 1.165) is 16.9 Å². The van der Waals surface area contributed by atoms with E-state index in [1.807, 2.05) is 51.1 Å². The van der Waals surface area contributed by atoms with Crippen molar-refractivity contribution in [2.75, 3.05) is 4.90 Å². The molecule has 154 valence electrons. The van der Waals surface area contributed by atoms with Crippen LogP contribution in [0.2, 0.25) is 0 Å². The normalized spacial score (nSPS) is 19.2. The Kier molecular flexibility index (Phi) is 6.37. The number of amides is 1. The van der Waals surface area contributed by atoms with Gasteiger partial charge in [-0.2, -0.15) is 0 Å². The minimum absolute atomic E-state index is 0.0429. The van der Waals surface area contributed by atoms with Gasteiger partial charge >= 0.3 is 6.16 Å². The summed E-state index contributed by atoms with van der Waals surface area (Å²) < 4.78 is 5.02. The number of Topliss-reactive ketones (excluding diaryl/α,β-unsaturated/α-hetero) is 1. The van der Waals surface area contributed by atoms with Crippen LogP contribution in [0, 0.1) is 11.8 Å². The fraction of sp³-hybridized carbons (Fsp3) is 0.409. The first-order valence-electron chi connectivity index (χ1n) is 9.73. The van der Waals surface area contributed by atoms with E-state index in [1.54, 1.807) is 6.07 Å². The Hall–Kier alpha value is -2.67. The monoisotopic (exact) mass is 415 g/mol. The fourth-order valence-electron chi connectivity index (χ4n) is 3.71. The maximum Gasteiger partial charge on any atom is 0.512 e. The molecule has 2 unspecified atom stereocenters. The lowest BCUT2D eigenvalue weighted by Gasteiger charge is -2.32. The highest BCUT2D eigenvalue weighted by Crippen LogP contribution is 2.44. The lowest BCUT2D eigenvalue weighted by Crippen LogP contribution is -2.45. The summed E-state index contributed by atoms with van der Waals surface area (Å²) in [6, 6.07) is 11.0. The highest BCUT2D eigenvalue weighted by atomic mass is 32.1. The van der Waals surface area contributed by atoms with Crippen molar-refractivity contribution >= 4 is 34.9 Å². The second-order valence-corrected chi connectivity index (χ2v) is 8.74. The molecule has 1 aromatic carbocycles. The molecule has 1 aliphatic carbocycles. The van der Waals surface area contributed by atoms with Crippen LogP contribution in [0.25, 0.3) is 10.4 Å². The molecule has 2 atom stereocenters. The highest BCUT2D eigenvalue weighted by molar-refractivity contribution is 7.18. The second-order valence-electron chi connectivity index (χ2n) is 7.72. The molecule has 0 saturated heterocycles. The number of carbonyl (C=O) groups excluding carboxylic acids is 2. The predicted octanol–water partition coefficient (Wildman–Crippen LogP) is 5.22. The zero-order valence-electron chi connectivity index (χ0n) is 16.8. The van der Waals surface area contributed by atoms with Crippen molar-refractivity contribution < 1.29 is 24.2 Å². The summed E-state index contributed by atoms with van der Waals surface area (Å²) in [5.74, 6) is -0.731. The summed E-state index contributed by atoms with van der Waals surface area (Å²) in [5, 5.41) is 9.31. The number of carboxylic acid groups (broad SMARTS) is 1. The summed E-state index contributed by atoms with van der Waals surface area (Å²) in [6.45, 7) is 5.71. The number of benzene rings is 1. The van der Waals surface area contributed by atoms with Gasteiger partial charge in [0.25, 0.3) is 0 Å². The summed E-state index contributed by atoms with van der Waals surface area (Å²) in [7, 11) is 0. The molecule has 3 rings (SSSR count). The van der Waals surface area contributed by atoms with Crippen molar-refractivity contribution in [2.45, 2.75) is 46.1 Å². The van der Waals surface area contributed by atoms with Gasteiger partial charge in [0.15, 0.2) is 0 Å². The molecular formula is C22H25NO5S. The quantitative estimate of drug-likeness (QED) is 0.535. The van der Waals surface area contributed by atoms with Crippen molar-refractivity contribution in [3.8, 4) is 15.5 Å². The summed E-state index contributed by atoms with van der Waals surface area (Å²) in [6.07, 6.45) is 0.310. The van der Waals surface area contributed by atoms with E-state index >= 15 is 0 Å². The van der Waals surface area contributed by atoms with Gasteiger partial charge in [0.2, 0.25) is 11.0 Å². The summed E-state index contributed by atoms with van der Waals surface area (Å²) >= 11 is 1.17. The van der Waals surface area contributed by atoms with E-state index in [-0.39, 0.29) is 28.7 Å².